The Morgan fingerprint density at radius 1 is 1.20 bits per heavy atom. The fourth-order valence-electron chi connectivity index (χ4n) is 1.64. The second kappa shape index (κ2) is 7.29. The van der Waals surface area contributed by atoms with Crippen LogP contribution in [0.25, 0.3) is 0 Å². The zero-order valence-corrected chi connectivity index (χ0v) is 11.5. The molecule has 1 unspecified atom stereocenters. The molecule has 2 heteroatoms. The minimum atomic E-state index is 0.366. The van der Waals surface area contributed by atoms with Crippen molar-refractivity contribution in [3.63, 3.8) is 0 Å². The third-order valence-electron chi connectivity index (χ3n) is 2.50. The molecule has 0 amide bonds. The van der Waals surface area contributed by atoms with Crippen molar-refractivity contribution >= 4 is 27.5 Å². The van der Waals surface area contributed by atoms with E-state index in [2.05, 4.69) is 47.1 Å². The lowest BCUT2D eigenvalue weighted by molar-refractivity contribution is 0.640. The summed E-state index contributed by atoms with van der Waals surface area (Å²) >= 11 is 9.60. The van der Waals surface area contributed by atoms with Gasteiger partial charge in [-0.1, -0.05) is 41.4 Å². The van der Waals surface area contributed by atoms with Gasteiger partial charge in [0.05, 0.1) is 0 Å². The summed E-state index contributed by atoms with van der Waals surface area (Å²) in [7, 11) is 0. The lowest BCUT2D eigenvalue weighted by Gasteiger charge is -2.07. The van der Waals surface area contributed by atoms with E-state index in [0.29, 0.717) is 5.38 Å². The van der Waals surface area contributed by atoms with E-state index in [1.165, 1.54) is 18.4 Å². The van der Waals surface area contributed by atoms with Crippen molar-refractivity contribution in [2.75, 3.05) is 0 Å². The molecule has 0 fully saturated rings. The third kappa shape index (κ3) is 5.58. The van der Waals surface area contributed by atoms with E-state index < -0.39 is 0 Å². The van der Waals surface area contributed by atoms with Crippen LogP contribution >= 0.6 is 27.5 Å². The molecule has 0 aliphatic rings. The minimum Gasteiger partial charge on any atom is -0.123 e. The van der Waals surface area contributed by atoms with Gasteiger partial charge in [0, 0.05) is 9.85 Å². The molecule has 1 rings (SSSR count). The number of benzene rings is 1. The molecule has 0 spiro atoms. The van der Waals surface area contributed by atoms with Gasteiger partial charge in [-0.3, -0.25) is 0 Å². The maximum atomic E-state index is 6.16. The summed E-state index contributed by atoms with van der Waals surface area (Å²) < 4.78 is 1.15. The highest BCUT2D eigenvalue weighted by Crippen LogP contribution is 2.16. The first-order chi connectivity index (χ1) is 7.22. The molecule has 0 heterocycles. The van der Waals surface area contributed by atoms with E-state index in [9.17, 15) is 0 Å². The third-order valence-corrected chi connectivity index (χ3v) is 3.46. The van der Waals surface area contributed by atoms with E-state index in [-0.39, 0.29) is 0 Å². The van der Waals surface area contributed by atoms with Crippen molar-refractivity contribution in [1.29, 1.82) is 0 Å². The molecular formula is C13H18BrCl. The van der Waals surface area contributed by atoms with Gasteiger partial charge in [0.25, 0.3) is 0 Å². The normalized spacial score (nSPS) is 12.7. The topological polar surface area (TPSA) is 0 Å². The molecule has 1 atom stereocenters. The summed E-state index contributed by atoms with van der Waals surface area (Å²) in [6.07, 6.45) is 5.79. The predicted molar refractivity (Wildman–Crippen MR) is 71.6 cm³/mol. The molecular weight excluding hydrogens is 272 g/mol. The van der Waals surface area contributed by atoms with Crippen LogP contribution in [0.1, 0.15) is 38.2 Å². The summed E-state index contributed by atoms with van der Waals surface area (Å²) in [5, 5.41) is 0.366. The van der Waals surface area contributed by atoms with Gasteiger partial charge < -0.3 is 0 Å². The molecule has 84 valence electrons. The van der Waals surface area contributed by atoms with Crippen LogP contribution in [0.4, 0.5) is 0 Å². The smallest absolute Gasteiger partial charge is 0.0336 e. The number of hydrogen-bond donors (Lipinski definition) is 0. The van der Waals surface area contributed by atoms with Crippen molar-refractivity contribution in [2.45, 2.75) is 44.4 Å². The van der Waals surface area contributed by atoms with Crippen molar-refractivity contribution in [2.24, 2.45) is 0 Å². The van der Waals surface area contributed by atoms with Gasteiger partial charge in [-0.15, -0.1) is 11.6 Å². The Hall–Kier alpha value is -0.0100. The van der Waals surface area contributed by atoms with E-state index in [0.717, 1.165) is 23.7 Å². The van der Waals surface area contributed by atoms with Crippen molar-refractivity contribution < 1.29 is 0 Å². The molecule has 0 saturated carbocycles. The van der Waals surface area contributed by atoms with Crippen LogP contribution in [0.5, 0.6) is 0 Å². The molecule has 1 aromatic rings. The lowest BCUT2D eigenvalue weighted by atomic mass is 10.1. The molecule has 0 nitrogen and oxygen atoms in total. The second-order valence-corrected chi connectivity index (χ2v) is 5.44. The Balaban J connectivity index is 2.22. The van der Waals surface area contributed by atoms with Gasteiger partial charge in [-0.25, -0.2) is 0 Å². The van der Waals surface area contributed by atoms with Crippen LogP contribution in [0.15, 0.2) is 28.7 Å². The molecule has 0 radical (unpaired) electrons. The van der Waals surface area contributed by atoms with Gasteiger partial charge in [0.2, 0.25) is 0 Å². The first kappa shape index (κ1) is 13.1. The maximum Gasteiger partial charge on any atom is 0.0336 e. The molecule has 15 heavy (non-hydrogen) atoms. The summed E-state index contributed by atoms with van der Waals surface area (Å²) in [4.78, 5) is 0. The Bertz CT molecular complexity index is 268. The van der Waals surface area contributed by atoms with Crippen molar-refractivity contribution in [3.05, 3.63) is 34.3 Å². The van der Waals surface area contributed by atoms with Gasteiger partial charge in [0.15, 0.2) is 0 Å². The highest BCUT2D eigenvalue weighted by atomic mass is 79.9. The van der Waals surface area contributed by atoms with Gasteiger partial charge in [0.1, 0.15) is 0 Å². The van der Waals surface area contributed by atoms with E-state index in [1.54, 1.807) is 0 Å². The fourth-order valence-corrected chi connectivity index (χ4v) is 2.27. The number of hydrogen-bond acceptors (Lipinski definition) is 0. The van der Waals surface area contributed by atoms with Gasteiger partial charge in [-0.05, 0) is 43.4 Å². The van der Waals surface area contributed by atoms with E-state index in [4.69, 9.17) is 11.6 Å². The van der Waals surface area contributed by atoms with Crippen LogP contribution < -0.4 is 0 Å². The largest absolute Gasteiger partial charge is 0.123 e. The standard InChI is InChI=1S/C13H18BrCl/c1-2-4-13(15)6-3-5-11-7-9-12(14)10-8-11/h7-10,13H,2-6H2,1H3. The number of alkyl halides is 1. The zero-order chi connectivity index (χ0) is 11.1. The van der Waals surface area contributed by atoms with Crippen molar-refractivity contribution in [3.8, 4) is 0 Å². The molecule has 0 N–H and O–H groups in total. The Morgan fingerprint density at radius 3 is 2.47 bits per heavy atom. The number of aryl methyl sites for hydroxylation is 1. The van der Waals surface area contributed by atoms with E-state index >= 15 is 0 Å². The molecule has 0 aliphatic heterocycles. The second-order valence-electron chi connectivity index (χ2n) is 3.90. The molecule has 0 saturated heterocycles. The summed E-state index contributed by atoms with van der Waals surface area (Å²) in [6.45, 7) is 2.18. The lowest BCUT2D eigenvalue weighted by Crippen LogP contribution is -1.98. The Labute approximate surface area is 106 Å². The number of halogens is 2. The Morgan fingerprint density at radius 2 is 1.87 bits per heavy atom. The van der Waals surface area contributed by atoms with Crippen LogP contribution in [0.2, 0.25) is 0 Å². The summed E-state index contributed by atoms with van der Waals surface area (Å²) in [6, 6.07) is 8.54. The molecule has 0 aliphatic carbocycles. The predicted octanol–water partition coefficient (Wildman–Crippen LogP) is 5.18. The van der Waals surface area contributed by atoms with Crippen LogP contribution in [0, 0.1) is 0 Å². The van der Waals surface area contributed by atoms with Crippen LogP contribution in [-0.4, -0.2) is 5.38 Å². The molecule has 0 bridgehead atoms. The Kier molecular flexibility index (Phi) is 6.35. The maximum absolute atomic E-state index is 6.16. The summed E-state index contributed by atoms with van der Waals surface area (Å²) in [5.41, 5.74) is 1.40. The fraction of sp³-hybridized carbons (Fsp3) is 0.538. The molecule has 1 aromatic carbocycles. The average Bonchev–Trinajstić information content (AvgIpc) is 2.21. The highest BCUT2D eigenvalue weighted by molar-refractivity contribution is 9.10. The van der Waals surface area contributed by atoms with Crippen LogP contribution in [-0.2, 0) is 6.42 Å². The number of rotatable bonds is 6. The van der Waals surface area contributed by atoms with Crippen LogP contribution in [0.3, 0.4) is 0 Å². The SMILES string of the molecule is CCCC(Cl)CCCc1ccc(Br)cc1. The zero-order valence-electron chi connectivity index (χ0n) is 9.18. The first-order valence-electron chi connectivity index (χ1n) is 5.61. The summed E-state index contributed by atoms with van der Waals surface area (Å²) in [5.74, 6) is 0. The monoisotopic (exact) mass is 288 g/mol. The quantitative estimate of drug-likeness (QED) is 0.633. The first-order valence-corrected chi connectivity index (χ1v) is 6.84. The van der Waals surface area contributed by atoms with Crippen molar-refractivity contribution in [1.82, 2.24) is 0 Å². The van der Waals surface area contributed by atoms with Gasteiger partial charge in [-0.2, -0.15) is 0 Å². The van der Waals surface area contributed by atoms with E-state index in [1.807, 2.05) is 0 Å². The highest BCUT2D eigenvalue weighted by Gasteiger charge is 2.02. The van der Waals surface area contributed by atoms with Gasteiger partial charge >= 0.3 is 0 Å². The molecule has 0 aromatic heterocycles. The average molecular weight is 290 g/mol. The minimum absolute atomic E-state index is 0.366.